The Labute approximate surface area is 216 Å². The number of anilines is 3. The lowest BCUT2D eigenvalue weighted by Crippen LogP contribution is -2.70. The van der Waals surface area contributed by atoms with Crippen molar-refractivity contribution in [3.8, 4) is 0 Å². The topological polar surface area (TPSA) is 80.3 Å². The minimum atomic E-state index is -0.454. The second-order valence-electron chi connectivity index (χ2n) is 11.3. The van der Waals surface area contributed by atoms with Crippen molar-refractivity contribution >= 4 is 29.1 Å². The highest BCUT2D eigenvalue weighted by Crippen LogP contribution is 2.86. The van der Waals surface area contributed by atoms with Gasteiger partial charge in [-0.2, -0.15) is 0 Å². The number of rotatable bonds is 7. The van der Waals surface area contributed by atoms with Crippen molar-refractivity contribution in [2.75, 3.05) is 17.2 Å². The fourth-order valence-corrected chi connectivity index (χ4v) is 8.44. The molecule has 4 aliphatic rings. The van der Waals surface area contributed by atoms with E-state index in [0.717, 1.165) is 29.1 Å². The molecule has 188 valence electrons. The molecule has 4 fully saturated rings. The van der Waals surface area contributed by atoms with Gasteiger partial charge in [-0.15, -0.1) is 0 Å². The first-order valence-corrected chi connectivity index (χ1v) is 13.4. The molecule has 37 heavy (non-hydrogen) atoms. The molecule has 2 unspecified atom stereocenters. The second kappa shape index (κ2) is 8.17. The number of hydrogen-bond donors (Lipinski definition) is 2. The maximum Gasteiger partial charge on any atom is 0.356 e. The van der Waals surface area contributed by atoms with Crippen LogP contribution in [0.4, 0.5) is 17.2 Å². The Bertz CT molecular complexity index is 1370. The molecule has 1 aromatic heterocycles. The zero-order valence-electron chi connectivity index (χ0n) is 21.0. The molecular weight excluding hydrogens is 462 g/mol. The third kappa shape index (κ3) is 3.27. The van der Waals surface area contributed by atoms with Gasteiger partial charge in [0.1, 0.15) is 5.82 Å². The van der Waals surface area contributed by atoms with Gasteiger partial charge in [-0.3, -0.25) is 4.79 Å². The van der Waals surface area contributed by atoms with E-state index in [-0.39, 0.29) is 11.6 Å². The van der Waals surface area contributed by atoms with Gasteiger partial charge in [-0.05, 0) is 116 Å². The Kier molecular flexibility index (Phi) is 4.97. The largest absolute Gasteiger partial charge is 0.461 e. The fraction of sp³-hybridized carbons (Fsp3) is 0.387. The van der Waals surface area contributed by atoms with Crippen molar-refractivity contribution in [3.05, 3.63) is 83.6 Å². The van der Waals surface area contributed by atoms with Crippen molar-refractivity contribution in [2.24, 2.45) is 23.2 Å². The molecule has 3 aromatic rings. The Morgan fingerprint density at radius 3 is 2.30 bits per heavy atom. The van der Waals surface area contributed by atoms with Gasteiger partial charge in [0.05, 0.1) is 6.61 Å². The number of hydrogen-bond acceptors (Lipinski definition) is 5. The molecule has 2 N–H and O–H groups in total. The normalized spacial score (nSPS) is 30.0. The van der Waals surface area contributed by atoms with Crippen molar-refractivity contribution in [1.82, 2.24) is 4.98 Å². The number of ether oxygens (including phenoxy) is 1. The number of aromatic nitrogens is 1. The number of nitrogens with one attached hydrogen (secondary N) is 2. The van der Waals surface area contributed by atoms with Crippen LogP contribution in [0.5, 0.6) is 0 Å². The summed E-state index contributed by atoms with van der Waals surface area (Å²) in [5.74, 6) is 2.87. The molecule has 4 saturated carbocycles. The quantitative estimate of drug-likeness (QED) is 0.376. The van der Waals surface area contributed by atoms with E-state index in [1.54, 1.807) is 37.3 Å². The molecule has 0 aliphatic heterocycles. The average molecular weight is 494 g/mol. The van der Waals surface area contributed by atoms with Crippen LogP contribution in [0.2, 0.25) is 0 Å². The summed E-state index contributed by atoms with van der Waals surface area (Å²) in [5.41, 5.74) is 4.94. The third-order valence-corrected chi connectivity index (χ3v) is 9.75. The lowest BCUT2D eigenvalue weighted by atomic mass is 9.29. The molecule has 1 spiro atoms. The third-order valence-electron chi connectivity index (χ3n) is 9.75. The molecule has 0 radical (unpaired) electrons. The van der Waals surface area contributed by atoms with E-state index in [4.69, 9.17) is 4.74 Å². The Balaban J connectivity index is 0.992. The van der Waals surface area contributed by atoms with Crippen molar-refractivity contribution in [3.63, 3.8) is 0 Å². The Morgan fingerprint density at radius 2 is 1.62 bits per heavy atom. The highest BCUT2D eigenvalue weighted by atomic mass is 16.5. The summed E-state index contributed by atoms with van der Waals surface area (Å²) in [6.07, 6.45) is 7.14. The molecule has 6 nitrogen and oxygen atoms in total. The lowest BCUT2D eigenvalue weighted by molar-refractivity contribution is -0.205. The molecule has 0 saturated heterocycles. The van der Waals surface area contributed by atoms with Gasteiger partial charge in [0.15, 0.2) is 5.69 Å². The summed E-state index contributed by atoms with van der Waals surface area (Å²) in [7, 11) is 0. The monoisotopic (exact) mass is 493 g/mol. The first kappa shape index (κ1) is 22.5. The molecule has 2 atom stereocenters. The van der Waals surface area contributed by atoms with Crippen LogP contribution in [0, 0.1) is 23.2 Å². The van der Waals surface area contributed by atoms with Crippen LogP contribution in [0.1, 0.15) is 65.4 Å². The Morgan fingerprint density at radius 1 is 0.919 bits per heavy atom. The average Bonchev–Trinajstić information content (AvgIpc) is 3.43. The summed E-state index contributed by atoms with van der Waals surface area (Å²) >= 11 is 0. The molecule has 6 heteroatoms. The predicted octanol–water partition coefficient (Wildman–Crippen LogP) is 6.33. The first-order chi connectivity index (χ1) is 18.0. The number of benzene rings is 2. The number of pyridine rings is 1. The van der Waals surface area contributed by atoms with Gasteiger partial charge in [0.2, 0.25) is 0 Å². The highest BCUT2D eigenvalue weighted by molar-refractivity contribution is 6.04. The van der Waals surface area contributed by atoms with Crippen molar-refractivity contribution in [2.45, 2.75) is 44.4 Å². The van der Waals surface area contributed by atoms with Crippen LogP contribution >= 0.6 is 0 Å². The number of carbonyl (C=O) groups is 2. The minimum absolute atomic E-state index is 0.139. The zero-order valence-corrected chi connectivity index (χ0v) is 21.0. The standard InChI is InChI=1S/C31H31N3O3/c1-2-37-29(36)26-4-3-5-27(34-26)32-24-10-6-20(7-11-24)28(35)33-25-12-8-21(9-13-25)30-17-22-14-19-15-23(18-30)31(22,30)16-19/h3-13,19,22-23H,2,14-18H2,1H3,(H,32,34)(H,33,35). The van der Waals surface area contributed by atoms with Crippen LogP contribution in [-0.2, 0) is 10.2 Å². The summed E-state index contributed by atoms with van der Waals surface area (Å²) in [5, 5.41) is 6.21. The summed E-state index contributed by atoms with van der Waals surface area (Å²) < 4.78 is 5.01. The summed E-state index contributed by atoms with van der Waals surface area (Å²) in [4.78, 5) is 29.1. The van der Waals surface area contributed by atoms with E-state index in [0.29, 0.717) is 28.8 Å². The molecular formula is C31H31N3O3. The second-order valence-corrected chi connectivity index (χ2v) is 11.3. The van der Waals surface area contributed by atoms with E-state index in [9.17, 15) is 9.59 Å². The number of amides is 1. The Hall–Kier alpha value is -3.67. The molecule has 2 bridgehead atoms. The maximum absolute atomic E-state index is 12.9. The van der Waals surface area contributed by atoms with E-state index < -0.39 is 5.97 Å². The van der Waals surface area contributed by atoms with Gasteiger partial charge < -0.3 is 15.4 Å². The van der Waals surface area contributed by atoms with Gasteiger partial charge >= 0.3 is 5.97 Å². The van der Waals surface area contributed by atoms with E-state index in [1.165, 1.54) is 37.7 Å². The van der Waals surface area contributed by atoms with Crippen molar-refractivity contribution < 1.29 is 14.3 Å². The zero-order chi connectivity index (χ0) is 25.2. The van der Waals surface area contributed by atoms with Crippen LogP contribution in [0.15, 0.2) is 66.7 Å². The fourth-order valence-electron chi connectivity index (χ4n) is 8.44. The lowest BCUT2D eigenvalue weighted by Gasteiger charge is -2.75. The van der Waals surface area contributed by atoms with E-state index >= 15 is 0 Å². The van der Waals surface area contributed by atoms with E-state index in [1.807, 2.05) is 12.1 Å². The summed E-state index contributed by atoms with van der Waals surface area (Å²) in [6.45, 7) is 2.06. The summed E-state index contributed by atoms with van der Waals surface area (Å²) in [6, 6.07) is 21.0. The molecule has 2 aromatic carbocycles. The molecule has 7 rings (SSSR count). The number of fused-ring (bicyclic) bond motifs is 1. The number of nitrogens with zero attached hydrogens (tertiary/aromatic N) is 1. The van der Waals surface area contributed by atoms with Crippen LogP contribution in [-0.4, -0.2) is 23.5 Å². The van der Waals surface area contributed by atoms with Gasteiger partial charge in [0, 0.05) is 22.4 Å². The molecule has 4 aliphatic carbocycles. The van der Waals surface area contributed by atoms with Crippen LogP contribution < -0.4 is 10.6 Å². The molecule has 1 heterocycles. The van der Waals surface area contributed by atoms with Crippen molar-refractivity contribution in [1.29, 1.82) is 0 Å². The minimum Gasteiger partial charge on any atom is -0.461 e. The SMILES string of the molecule is CCOC(=O)c1cccc(Nc2ccc(C(=O)Nc3ccc(C45CC6CC7CC(C4)C65C7)cc3)cc2)n1. The van der Waals surface area contributed by atoms with Gasteiger partial charge in [-0.25, -0.2) is 9.78 Å². The first-order valence-electron chi connectivity index (χ1n) is 13.4. The van der Waals surface area contributed by atoms with E-state index in [2.05, 4.69) is 39.9 Å². The number of carbonyl (C=O) groups excluding carboxylic acids is 2. The van der Waals surface area contributed by atoms with Gasteiger partial charge in [-0.1, -0.05) is 18.2 Å². The molecule has 1 amide bonds. The smallest absolute Gasteiger partial charge is 0.356 e. The predicted molar refractivity (Wildman–Crippen MR) is 142 cm³/mol. The maximum atomic E-state index is 12.9. The van der Waals surface area contributed by atoms with Gasteiger partial charge in [0.25, 0.3) is 5.91 Å². The van der Waals surface area contributed by atoms with Crippen LogP contribution in [0.3, 0.4) is 0 Å². The number of esters is 1. The highest BCUT2D eigenvalue weighted by Gasteiger charge is 2.81. The van der Waals surface area contributed by atoms with Crippen LogP contribution in [0.25, 0.3) is 0 Å².